The maximum absolute atomic E-state index is 12.5. The molecule has 0 radical (unpaired) electrons. The van der Waals surface area contributed by atoms with Crippen molar-refractivity contribution in [3.8, 4) is 0 Å². The fraction of sp³-hybridized carbons (Fsp3) is 0.421. The number of carbonyl (C=O) groups is 2. The zero-order valence-electron chi connectivity index (χ0n) is 16.7. The first-order valence-corrected chi connectivity index (χ1v) is 9.04. The van der Waals surface area contributed by atoms with Crippen LogP contribution in [0.3, 0.4) is 0 Å². The smallest absolute Gasteiger partial charge is 0.245 e. The second-order valence-corrected chi connectivity index (χ2v) is 6.94. The average molecular weight is 384 g/mol. The quantitative estimate of drug-likeness (QED) is 0.697. The zero-order chi connectivity index (χ0) is 20.4. The second-order valence-electron chi connectivity index (χ2n) is 6.94. The Morgan fingerprint density at radius 2 is 1.96 bits per heavy atom. The Labute approximate surface area is 162 Å². The molecule has 28 heavy (non-hydrogen) atoms. The van der Waals surface area contributed by atoms with Gasteiger partial charge in [-0.2, -0.15) is 5.10 Å². The van der Waals surface area contributed by atoms with Gasteiger partial charge < -0.3 is 14.7 Å². The maximum Gasteiger partial charge on any atom is 0.245 e. The van der Waals surface area contributed by atoms with Crippen molar-refractivity contribution in [3.05, 3.63) is 40.5 Å². The Kier molecular flexibility index (Phi) is 5.43. The normalized spacial score (nSPS) is 11.0. The van der Waals surface area contributed by atoms with Crippen molar-refractivity contribution in [3.63, 3.8) is 0 Å². The molecule has 1 N–H and O–H groups in total. The van der Waals surface area contributed by atoms with Crippen LogP contribution >= 0.6 is 0 Å². The lowest BCUT2D eigenvalue weighted by atomic mass is 10.1. The van der Waals surface area contributed by atoms with Gasteiger partial charge in [-0.3, -0.25) is 9.59 Å². The first-order chi connectivity index (χ1) is 13.2. The Bertz CT molecular complexity index is 1040. The number of anilines is 1. The molecular weight excluding hydrogens is 360 g/mol. The van der Waals surface area contributed by atoms with Crippen molar-refractivity contribution in [1.29, 1.82) is 0 Å². The van der Waals surface area contributed by atoms with Gasteiger partial charge in [-0.15, -0.1) is 0 Å². The Balaban J connectivity index is 1.60. The third kappa shape index (κ3) is 4.19. The van der Waals surface area contributed by atoms with E-state index in [0.29, 0.717) is 18.0 Å². The number of hydrogen-bond donors (Lipinski definition) is 1. The highest BCUT2D eigenvalue weighted by Crippen LogP contribution is 2.17. The van der Waals surface area contributed by atoms with E-state index in [9.17, 15) is 9.59 Å². The summed E-state index contributed by atoms with van der Waals surface area (Å²) in [5.74, 6) is 0.487. The van der Waals surface area contributed by atoms with E-state index >= 15 is 0 Å². The number of aryl methyl sites for hydroxylation is 4. The van der Waals surface area contributed by atoms with Crippen LogP contribution < -0.4 is 5.32 Å². The Hall–Kier alpha value is -3.23. The number of fused-ring (bicyclic) bond motifs is 1. The lowest BCUT2D eigenvalue weighted by molar-refractivity contribution is -0.133. The van der Waals surface area contributed by atoms with E-state index < -0.39 is 0 Å². The molecule has 2 amide bonds. The van der Waals surface area contributed by atoms with Crippen LogP contribution in [0, 0.1) is 27.7 Å². The molecule has 0 spiro atoms. The summed E-state index contributed by atoms with van der Waals surface area (Å²) in [6.07, 6.45) is 0.814. The lowest BCUT2D eigenvalue weighted by Gasteiger charge is -2.17. The van der Waals surface area contributed by atoms with Gasteiger partial charge in [0.25, 0.3) is 0 Å². The molecule has 0 aliphatic rings. The minimum absolute atomic E-state index is 0.0572. The molecule has 0 unspecified atom stereocenters. The molecule has 0 aromatic carbocycles. The minimum atomic E-state index is -0.327. The van der Waals surface area contributed by atoms with E-state index in [2.05, 4.69) is 20.6 Å². The van der Waals surface area contributed by atoms with E-state index in [1.165, 1.54) is 4.90 Å². The summed E-state index contributed by atoms with van der Waals surface area (Å²) >= 11 is 0. The number of carbonyl (C=O) groups excluding carboxylic acids is 2. The van der Waals surface area contributed by atoms with Crippen LogP contribution in [0.5, 0.6) is 0 Å². The van der Waals surface area contributed by atoms with Gasteiger partial charge in [0.2, 0.25) is 11.8 Å². The van der Waals surface area contributed by atoms with Crippen molar-refractivity contribution in [2.75, 3.05) is 18.9 Å². The Morgan fingerprint density at radius 1 is 1.21 bits per heavy atom. The highest BCUT2D eigenvalue weighted by molar-refractivity contribution is 5.93. The summed E-state index contributed by atoms with van der Waals surface area (Å²) in [6.45, 7) is 7.52. The van der Waals surface area contributed by atoms with Crippen LogP contribution in [0.25, 0.3) is 5.65 Å². The summed E-state index contributed by atoms with van der Waals surface area (Å²) in [7, 11) is 1.61. The molecule has 3 heterocycles. The van der Waals surface area contributed by atoms with Gasteiger partial charge in [0.1, 0.15) is 5.76 Å². The number of likely N-dealkylation sites (N-methyl/N-ethyl adjacent to an activating group) is 1. The van der Waals surface area contributed by atoms with Crippen molar-refractivity contribution in [2.45, 2.75) is 40.5 Å². The van der Waals surface area contributed by atoms with E-state index in [0.717, 1.165) is 28.3 Å². The standard InChI is InChI=1S/C19H24N6O3/c1-11-8-17-20-13(3)15(14(4)25(17)22-11)6-7-19(27)24(5)10-18(26)21-16-9-12(2)28-23-16/h8-9H,6-7,10H2,1-5H3,(H,21,23,26). The van der Waals surface area contributed by atoms with Gasteiger partial charge >= 0.3 is 0 Å². The summed E-state index contributed by atoms with van der Waals surface area (Å²) in [6, 6.07) is 3.54. The van der Waals surface area contributed by atoms with Crippen LogP contribution in [-0.4, -0.2) is 50.1 Å². The topological polar surface area (TPSA) is 106 Å². The first kappa shape index (κ1) is 19.5. The molecule has 3 rings (SSSR count). The highest BCUT2D eigenvalue weighted by atomic mass is 16.5. The number of nitrogens with zero attached hydrogens (tertiary/aromatic N) is 5. The van der Waals surface area contributed by atoms with Crippen LogP contribution in [0.2, 0.25) is 0 Å². The van der Waals surface area contributed by atoms with Crippen molar-refractivity contribution in [2.24, 2.45) is 0 Å². The molecule has 0 atom stereocenters. The molecule has 3 aromatic heterocycles. The number of nitrogens with one attached hydrogen (secondary N) is 1. The molecule has 148 valence electrons. The average Bonchev–Trinajstić information content (AvgIpc) is 3.19. The molecular formula is C19H24N6O3. The molecule has 9 nitrogen and oxygen atoms in total. The molecule has 0 saturated heterocycles. The Morgan fingerprint density at radius 3 is 2.64 bits per heavy atom. The lowest BCUT2D eigenvalue weighted by Crippen LogP contribution is -2.35. The molecule has 9 heteroatoms. The molecule has 0 fully saturated rings. The van der Waals surface area contributed by atoms with E-state index in [4.69, 9.17) is 4.52 Å². The molecule has 0 bridgehead atoms. The second kappa shape index (κ2) is 7.79. The summed E-state index contributed by atoms with van der Waals surface area (Å²) < 4.78 is 6.71. The largest absolute Gasteiger partial charge is 0.360 e. The van der Waals surface area contributed by atoms with Crippen LogP contribution in [-0.2, 0) is 16.0 Å². The molecule has 0 aliphatic heterocycles. The van der Waals surface area contributed by atoms with E-state index in [-0.39, 0.29) is 24.8 Å². The van der Waals surface area contributed by atoms with Gasteiger partial charge in [-0.05, 0) is 39.7 Å². The van der Waals surface area contributed by atoms with Crippen molar-refractivity contribution in [1.82, 2.24) is 24.7 Å². The van der Waals surface area contributed by atoms with Crippen LogP contribution in [0.15, 0.2) is 16.7 Å². The van der Waals surface area contributed by atoms with Crippen LogP contribution in [0.4, 0.5) is 5.82 Å². The predicted molar refractivity (Wildman–Crippen MR) is 103 cm³/mol. The van der Waals surface area contributed by atoms with Gasteiger partial charge in [-0.1, -0.05) is 5.16 Å². The van der Waals surface area contributed by atoms with Crippen LogP contribution in [0.1, 0.15) is 34.8 Å². The maximum atomic E-state index is 12.5. The van der Waals surface area contributed by atoms with E-state index in [1.807, 2.05) is 26.8 Å². The first-order valence-electron chi connectivity index (χ1n) is 9.04. The van der Waals surface area contributed by atoms with Gasteiger partial charge in [0, 0.05) is 37.0 Å². The fourth-order valence-corrected chi connectivity index (χ4v) is 3.14. The number of rotatable bonds is 6. The summed E-state index contributed by atoms with van der Waals surface area (Å²) in [4.78, 5) is 30.5. The van der Waals surface area contributed by atoms with Gasteiger partial charge in [0.05, 0.1) is 12.2 Å². The van der Waals surface area contributed by atoms with Gasteiger partial charge in [-0.25, -0.2) is 9.50 Å². The SMILES string of the molecule is Cc1cc2nc(C)c(CCC(=O)N(C)CC(=O)Nc3cc(C)on3)c(C)n2n1. The number of amides is 2. The van der Waals surface area contributed by atoms with E-state index in [1.54, 1.807) is 24.6 Å². The zero-order valence-corrected chi connectivity index (χ0v) is 16.7. The number of aromatic nitrogens is 4. The monoisotopic (exact) mass is 384 g/mol. The summed E-state index contributed by atoms with van der Waals surface area (Å²) in [5, 5.41) is 10.8. The summed E-state index contributed by atoms with van der Waals surface area (Å²) in [5.41, 5.74) is 4.57. The van der Waals surface area contributed by atoms with Crippen molar-refractivity contribution < 1.29 is 14.1 Å². The molecule has 0 aliphatic carbocycles. The minimum Gasteiger partial charge on any atom is -0.360 e. The third-order valence-corrected chi connectivity index (χ3v) is 4.58. The number of hydrogen-bond acceptors (Lipinski definition) is 6. The molecule has 3 aromatic rings. The molecule has 0 saturated carbocycles. The third-order valence-electron chi connectivity index (χ3n) is 4.58. The highest BCUT2D eigenvalue weighted by Gasteiger charge is 2.17. The fourth-order valence-electron chi connectivity index (χ4n) is 3.14. The van der Waals surface area contributed by atoms with Gasteiger partial charge in [0.15, 0.2) is 11.5 Å². The van der Waals surface area contributed by atoms with Crippen molar-refractivity contribution >= 4 is 23.3 Å². The predicted octanol–water partition coefficient (Wildman–Crippen LogP) is 1.98.